The molecule has 0 aliphatic rings. The summed E-state index contributed by atoms with van der Waals surface area (Å²) in [5, 5.41) is 7.46. The summed E-state index contributed by atoms with van der Waals surface area (Å²) < 4.78 is 1.83. The third-order valence-corrected chi connectivity index (χ3v) is 3.23. The molecule has 1 unspecified atom stereocenters. The van der Waals surface area contributed by atoms with Crippen molar-refractivity contribution < 1.29 is 0 Å². The van der Waals surface area contributed by atoms with Gasteiger partial charge in [-0.2, -0.15) is 5.10 Å². The Bertz CT molecular complexity index is 407. The van der Waals surface area contributed by atoms with Crippen LogP contribution in [0.25, 0.3) is 0 Å². The summed E-state index contributed by atoms with van der Waals surface area (Å²) in [5.41, 5.74) is 3.10. The number of aromatic nitrogens is 3. The lowest BCUT2D eigenvalue weighted by Gasteiger charge is -2.12. The molecule has 0 radical (unpaired) electrons. The van der Waals surface area contributed by atoms with E-state index in [0.29, 0.717) is 6.04 Å². The van der Waals surface area contributed by atoms with E-state index >= 15 is 0 Å². The normalized spacial score (nSPS) is 12.9. The zero-order chi connectivity index (χ0) is 10.7. The van der Waals surface area contributed by atoms with Crippen LogP contribution >= 0.6 is 11.3 Å². The van der Waals surface area contributed by atoms with Crippen LogP contribution in [0, 0.1) is 0 Å². The van der Waals surface area contributed by atoms with Gasteiger partial charge in [-0.15, -0.1) is 11.3 Å². The molecule has 0 saturated heterocycles. The number of rotatable bonds is 4. The molecule has 4 nitrogen and oxygen atoms in total. The van der Waals surface area contributed by atoms with E-state index in [0.717, 1.165) is 6.42 Å². The molecule has 0 saturated carbocycles. The first-order chi connectivity index (χ1) is 7.29. The summed E-state index contributed by atoms with van der Waals surface area (Å²) in [6.07, 6.45) is 6.82. The molecule has 0 aliphatic carbocycles. The van der Waals surface area contributed by atoms with Crippen molar-refractivity contribution in [2.75, 3.05) is 7.05 Å². The second kappa shape index (κ2) is 4.55. The second-order valence-electron chi connectivity index (χ2n) is 3.47. The van der Waals surface area contributed by atoms with E-state index < -0.39 is 0 Å². The summed E-state index contributed by atoms with van der Waals surface area (Å²) in [6.45, 7) is 0. The minimum atomic E-state index is 0.335. The highest BCUT2D eigenvalue weighted by atomic mass is 32.1. The Labute approximate surface area is 93.0 Å². The summed E-state index contributed by atoms with van der Waals surface area (Å²) in [4.78, 5) is 5.36. The molecule has 1 atom stereocenters. The summed E-state index contributed by atoms with van der Waals surface area (Å²) in [6, 6.07) is 0.335. The van der Waals surface area contributed by atoms with Crippen LogP contribution in [-0.2, 0) is 13.5 Å². The Morgan fingerprint density at radius 3 is 2.93 bits per heavy atom. The molecule has 15 heavy (non-hydrogen) atoms. The average molecular weight is 222 g/mol. The molecule has 0 aromatic carbocycles. The molecule has 80 valence electrons. The Hall–Kier alpha value is -1.20. The van der Waals surface area contributed by atoms with Crippen LogP contribution in [0.5, 0.6) is 0 Å². The molecule has 0 aliphatic heterocycles. The van der Waals surface area contributed by atoms with Gasteiger partial charge < -0.3 is 5.32 Å². The van der Waals surface area contributed by atoms with Crippen molar-refractivity contribution in [1.82, 2.24) is 20.1 Å². The van der Waals surface area contributed by atoms with E-state index in [4.69, 9.17) is 0 Å². The van der Waals surface area contributed by atoms with Gasteiger partial charge in [0.15, 0.2) is 0 Å². The van der Waals surface area contributed by atoms with Gasteiger partial charge >= 0.3 is 0 Å². The summed E-state index contributed by atoms with van der Waals surface area (Å²) in [7, 11) is 3.91. The highest BCUT2D eigenvalue weighted by molar-refractivity contribution is 7.09. The van der Waals surface area contributed by atoms with Crippen molar-refractivity contribution in [1.29, 1.82) is 0 Å². The van der Waals surface area contributed by atoms with Crippen LogP contribution in [0.1, 0.15) is 16.5 Å². The van der Waals surface area contributed by atoms with Gasteiger partial charge in [0.1, 0.15) is 0 Å². The number of hydrogen-bond donors (Lipinski definition) is 1. The second-order valence-corrected chi connectivity index (χ2v) is 4.39. The first-order valence-electron chi connectivity index (χ1n) is 4.83. The lowest BCUT2D eigenvalue weighted by Crippen LogP contribution is -2.17. The molecule has 5 heteroatoms. The van der Waals surface area contributed by atoms with Crippen LogP contribution in [-0.4, -0.2) is 21.8 Å². The van der Waals surface area contributed by atoms with Crippen molar-refractivity contribution >= 4 is 11.3 Å². The molecule has 2 rings (SSSR count). The van der Waals surface area contributed by atoms with Crippen LogP contribution < -0.4 is 5.32 Å². The Morgan fingerprint density at radius 2 is 2.40 bits per heavy atom. The molecule has 2 aromatic heterocycles. The average Bonchev–Trinajstić information content (AvgIpc) is 2.85. The number of hydrogen-bond acceptors (Lipinski definition) is 4. The largest absolute Gasteiger partial charge is 0.312 e. The fourth-order valence-electron chi connectivity index (χ4n) is 1.56. The fraction of sp³-hybridized carbons (Fsp3) is 0.400. The van der Waals surface area contributed by atoms with E-state index in [2.05, 4.69) is 15.4 Å². The van der Waals surface area contributed by atoms with Gasteiger partial charge in [-0.3, -0.25) is 9.67 Å². The highest BCUT2D eigenvalue weighted by Gasteiger charge is 2.12. The lowest BCUT2D eigenvalue weighted by atomic mass is 10.1. The number of aryl methyl sites for hydroxylation is 1. The molecule has 2 heterocycles. The van der Waals surface area contributed by atoms with E-state index in [1.54, 1.807) is 11.3 Å². The predicted octanol–water partition coefficient (Wildman–Crippen LogP) is 1.38. The third kappa shape index (κ3) is 2.43. The van der Waals surface area contributed by atoms with Crippen LogP contribution in [0.4, 0.5) is 0 Å². The van der Waals surface area contributed by atoms with Crippen LogP contribution in [0.3, 0.4) is 0 Å². The predicted molar refractivity (Wildman–Crippen MR) is 60.8 cm³/mol. The molecule has 0 bridgehead atoms. The Morgan fingerprint density at radius 1 is 1.53 bits per heavy atom. The third-order valence-electron chi connectivity index (χ3n) is 2.34. The minimum Gasteiger partial charge on any atom is -0.312 e. The van der Waals surface area contributed by atoms with Crippen LogP contribution in [0.2, 0.25) is 0 Å². The molecule has 1 N–H and O–H groups in total. The minimum absolute atomic E-state index is 0.335. The van der Waals surface area contributed by atoms with E-state index in [1.807, 2.05) is 42.9 Å². The number of nitrogens with one attached hydrogen (secondary N) is 1. The van der Waals surface area contributed by atoms with E-state index in [-0.39, 0.29) is 0 Å². The Kier molecular flexibility index (Phi) is 3.13. The maximum Gasteiger partial charge on any atom is 0.0794 e. The summed E-state index contributed by atoms with van der Waals surface area (Å²) >= 11 is 1.68. The quantitative estimate of drug-likeness (QED) is 0.850. The van der Waals surface area contributed by atoms with E-state index in [9.17, 15) is 0 Å². The van der Waals surface area contributed by atoms with Crippen LogP contribution in [0.15, 0.2) is 24.1 Å². The zero-order valence-electron chi connectivity index (χ0n) is 8.84. The monoisotopic (exact) mass is 222 g/mol. The fourth-order valence-corrected chi connectivity index (χ4v) is 2.29. The van der Waals surface area contributed by atoms with Crippen molar-refractivity contribution in [3.8, 4) is 0 Å². The number of nitrogens with zero attached hydrogens (tertiary/aromatic N) is 3. The Balaban J connectivity index is 2.09. The first kappa shape index (κ1) is 10.3. The molecule has 0 fully saturated rings. The molecule has 2 aromatic rings. The van der Waals surface area contributed by atoms with Crippen molar-refractivity contribution in [2.24, 2.45) is 7.05 Å². The molecule has 0 amide bonds. The smallest absolute Gasteiger partial charge is 0.0794 e. The van der Waals surface area contributed by atoms with Gasteiger partial charge in [0.25, 0.3) is 0 Å². The van der Waals surface area contributed by atoms with Gasteiger partial charge in [0, 0.05) is 30.4 Å². The van der Waals surface area contributed by atoms with Crippen molar-refractivity contribution in [2.45, 2.75) is 12.5 Å². The molecular weight excluding hydrogens is 208 g/mol. The SMILES string of the molecule is CNC(Cc1cnn(C)c1)c1cncs1. The van der Waals surface area contributed by atoms with Gasteiger partial charge in [-0.25, -0.2) is 0 Å². The maximum atomic E-state index is 4.16. The molecule has 0 spiro atoms. The van der Waals surface area contributed by atoms with Gasteiger partial charge in [-0.05, 0) is 19.0 Å². The van der Waals surface area contributed by atoms with Gasteiger partial charge in [0.2, 0.25) is 0 Å². The maximum absolute atomic E-state index is 4.16. The summed E-state index contributed by atoms with van der Waals surface area (Å²) in [5.74, 6) is 0. The van der Waals surface area contributed by atoms with Crippen molar-refractivity contribution in [3.05, 3.63) is 34.5 Å². The van der Waals surface area contributed by atoms with E-state index in [1.165, 1.54) is 10.4 Å². The zero-order valence-corrected chi connectivity index (χ0v) is 9.66. The topological polar surface area (TPSA) is 42.7 Å². The standard InChI is InChI=1S/C10H14N4S/c1-11-9(10-5-12-7-15-10)3-8-4-13-14(2)6-8/h4-7,9,11H,3H2,1-2H3. The number of likely N-dealkylation sites (N-methyl/N-ethyl adjacent to an activating group) is 1. The molecular formula is C10H14N4S. The van der Waals surface area contributed by atoms with Gasteiger partial charge in [-0.1, -0.05) is 0 Å². The van der Waals surface area contributed by atoms with Gasteiger partial charge in [0.05, 0.1) is 11.7 Å². The highest BCUT2D eigenvalue weighted by Crippen LogP contribution is 2.20. The lowest BCUT2D eigenvalue weighted by molar-refractivity contribution is 0.600. The first-order valence-corrected chi connectivity index (χ1v) is 5.70. The van der Waals surface area contributed by atoms with Crippen molar-refractivity contribution in [3.63, 3.8) is 0 Å². The number of thiazole rings is 1.